The van der Waals surface area contributed by atoms with Gasteiger partial charge in [0.05, 0.1) is 29.6 Å². The molecule has 0 radical (unpaired) electrons. The van der Waals surface area contributed by atoms with Crippen LogP contribution in [0, 0.1) is 0 Å². The summed E-state index contributed by atoms with van der Waals surface area (Å²) in [5.74, 6) is 1.39. The lowest BCUT2D eigenvalue weighted by Gasteiger charge is -2.13. The molecule has 0 unspecified atom stereocenters. The first-order valence-electron chi connectivity index (χ1n) is 7.54. The maximum Gasteiger partial charge on any atom is 0.193 e. The van der Waals surface area contributed by atoms with E-state index in [1.54, 1.807) is 43.5 Å². The maximum absolute atomic E-state index is 12.4. The molecule has 3 rings (SSSR count). The molecule has 0 aliphatic carbocycles. The Morgan fingerprint density at radius 1 is 1.24 bits per heavy atom. The minimum absolute atomic E-state index is 0.197. The van der Waals surface area contributed by atoms with E-state index in [0.29, 0.717) is 38.8 Å². The summed E-state index contributed by atoms with van der Waals surface area (Å²) in [7, 11) is 1.55. The predicted molar refractivity (Wildman–Crippen MR) is 94.8 cm³/mol. The summed E-state index contributed by atoms with van der Waals surface area (Å²) in [6.07, 6.45) is 0. The lowest BCUT2D eigenvalue weighted by atomic mass is 10.1. The lowest BCUT2D eigenvalue weighted by molar-refractivity contribution is 0.145. The number of halogens is 1. The van der Waals surface area contributed by atoms with Crippen LogP contribution in [0.15, 0.2) is 51.7 Å². The van der Waals surface area contributed by atoms with Crippen LogP contribution in [0.25, 0.3) is 22.3 Å². The van der Waals surface area contributed by atoms with Crippen LogP contribution in [0.5, 0.6) is 11.5 Å². The maximum atomic E-state index is 12.4. The van der Waals surface area contributed by atoms with Gasteiger partial charge >= 0.3 is 0 Å². The molecular formula is C18H16ClNO5. The van der Waals surface area contributed by atoms with Gasteiger partial charge in [0.15, 0.2) is 11.0 Å². The lowest BCUT2D eigenvalue weighted by Crippen LogP contribution is -2.17. The zero-order valence-electron chi connectivity index (χ0n) is 13.4. The fourth-order valence-electron chi connectivity index (χ4n) is 2.43. The van der Waals surface area contributed by atoms with Gasteiger partial charge in [-0.15, -0.1) is 0 Å². The number of nitrogens with one attached hydrogen (secondary N) is 1. The number of para-hydroxylation sites is 1. The normalized spacial score (nSPS) is 10.8. The van der Waals surface area contributed by atoms with Crippen molar-refractivity contribution in [3.63, 3.8) is 0 Å². The zero-order chi connectivity index (χ0) is 17.8. The highest BCUT2D eigenvalue weighted by atomic mass is 35.5. The van der Waals surface area contributed by atoms with Gasteiger partial charge in [0.25, 0.3) is 0 Å². The number of fused-ring (bicyclic) bond motifs is 1. The highest BCUT2D eigenvalue weighted by Gasteiger charge is 2.14. The van der Waals surface area contributed by atoms with Gasteiger partial charge in [0, 0.05) is 12.1 Å². The average molecular weight is 362 g/mol. The number of hydrogen-bond acceptors (Lipinski definition) is 6. The minimum atomic E-state index is -0.197. The second-order valence-corrected chi connectivity index (χ2v) is 5.62. The summed E-state index contributed by atoms with van der Waals surface area (Å²) in [6, 6.07) is 11.6. The molecule has 0 saturated heterocycles. The monoisotopic (exact) mass is 361 g/mol. The van der Waals surface area contributed by atoms with E-state index in [9.17, 15) is 4.79 Å². The Bertz CT molecular complexity index is 954. The van der Waals surface area contributed by atoms with Gasteiger partial charge < -0.3 is 19.1 Å². The third-order valence-electron chi connectivity index (χ3n) is 3.63. The van der Waals surface area contributed by atoms with Crippen LogP contribution in [0.4, 0.5) is 0 Å². The molecule has 0 saturated carbocycles. The van der Waals surface area contributed by atoms with Crippen LogP contribution in [0.1, 0.15) is 0 Å². The molecule has 6 nitrogen and oxygen atoms in total. The first kappa shape index (κ1) is 17.3. The molecule has 0 aliphatic heterocycles. The number of rotatable bonds is 6. The van der Waals surface area contributed by atoms with Crippen LogP contribution in [0.2, 0.25) is 5.02 Å². The highest BCUT2D eigenvalue weighted by molar-refractivity contribution is 6.34. The molecule has 0 bridgehead atoms. The molecule has 0 atom stereocenters. The van der Waals surface area contributed by atoms with Crippen LogP contribution in [0.3, 0.4) is 0 Å². The first-order chi connectivity index (χ1) is 12.1. The van der Waals surface area contributed by atoms with E-state index in [-0.39, 0.29) is 18.6 Å². The fraction of sp³-hybridized carbons (Fsp3) is 0.167. The number of hydrogen-bond donors (Lipinski definition) is 2. The van der Waals surface area contributed by atoms with E-state index in [1.807, 2.05) is 5.48 Å². The van der Waals surface area contributed by atoms with Gasteiger partial charge in [-0.25, -0.2) is 5.48 Å². The molecule has 2 aromatic carbocycles. The second kappa shape index (κ2) is 7.57. The van der Waals surface area contributed by atoms with Crippen molar-refractivity contribution in [2.75, 3.05) is 20.3 Å². The zero-order valence-corrected chi connectivity index (χ0v) is 14.2. The second-order valence-electron chi connectivity index (χ2n) is 5.21. The quantitative estimate of drug-likeness (QED) is 0.517. The average Bonchev–Trinajstić information content (AvgIpc) is 2.62. The molecular weight excluding hydrogens is 346 g/mol. The Morgan fingerprint density at radius 2 is 2.08 bits per heavy atom. The standard InChI is InChI=1S/C18H16ClNO5/c1-23-11-5-6-13(16(9-11)24-8-7-20-22)17-10-15(21)12-3-2-4-14(19)18(12)25-17/h2-6,9-10,20,22H,7-8H2,1H3. The van der Waals surface area contributed by atoms with Gasteiger partial charge in [-0.2, -0.15) is 0 Å². The van der Waals surface area contributed by atoms with Crippen LogP contribution < -0.4 is 20.4 Å². The SMILES string of the molecule is COc1ccc(-c2cc(=O)c3cccc(Cl)c3o2)c(OCCNO)c1. The molecule has 130 valence electrons. The van der Waals surface area contributed by atoms with E-state index in [1.165, 1.54) is 6.07 Å². The number of ether oxygens (including phenoxy) is 2. The summed E-state index contributed by atoms with van der Waals surface area (Å²) in [4.78, 5) is 12.4. The summed E-state index contributed by atoms with van der Waals surface area (Å²) in [6.45, 7) is 0.458. The van der Waals surface area contributed by atoms with Gasteiger partial charge in [-0.3, -0.25) is 4.79 Å². The largest absolute Gasteiger partial charge is 0.497 e. The Hall–Kier alpha value is -2.54. The molecule has 1 aromatic heterocycles. The fourth-order valence-corrected chi connectivity index (χ4v) is 2.65. The predicted octanol–water partition coefficient (Wildman–Crippen LogP) is 3.48. The molecule has 3 aromatic rings. The van der Waals surface area contributed by atoms with Gasteiger partial charge in [0.1, 0.15) is 23.9 Å². The third-order valence-corrected chi connectivity index (χ3v) is 3.93. The summed E-state index contributed by atoms with van der Waals surface area (Å²) >= 11 is 6.16. The number of methoxy groups -OCH3 is 1. The van der Waals surface area contributed by atoms with Crippen molar-refractivity contribution in [2.45, 2.75) is 0 Å². The van der Waals surface area contributed by atoms with E-state index in [0.717, 1.165) is 0 Å². The minimum Gasteiger partial charge on any atom is -0.497 e. The smallest absolute Gasteiger partial charge is 0.193 e. The molecule has 25 heavy (non-hydrogen) atoms. The molecule has 0 spiro atoms. The molecule has 2 N–H and O–H groups in total. The Morgan fingerprint density at radius 3 is 2.84 bits per heavy atom. The van der Waals surface area contributed by atoms with E-state index in [2.05, 4.69) is 0 Å². The summed E-state index contributed by atoms with van der Waals surface area (Å²) in [5, 5.41) is 9.46. The Balaban J connectivity index is 2.13. The van der Waals surface area contributed by atoms with Crippen molar-refractivity contribution < 1.29 is 19.1 Å². The Labute approximate surface area is 148 Å². The van der Waals surface area contributed by atoms with Crippen molar-refractivity contribution in [3.8, 4) is 22.8 Å². The summed E-state index contributed by atoms with van der Waals surface area (Å²) < 4.78 is 16.7. The van der Waals surface area contributed by atoms with Crippen LogP contribution in [-0.2, 0) is 0 Å². The van der Waals surface area contributed by atoms with Crippen LogP contribution in [-0.4, -0.2) is 25.5 Å². The van der Waals surface area contributed by atoms with Gasteiger partial charge in [-0.05, 0) is 24.3 Å². The molecule has 1 heterocycles. The van der Waals surface area contributed by atoms with Crippen molar-refractivity contribution in [1.29, 1.82) is 0 Å². The summed E-state index contributed by atoms with van der Waals surface area (Å²) in [5.41, 5.74) is 2.73. The number of benzene rings is 2. The molecule has 7 heteroatoms. The van der Waals surface area contributed by atoms with Gasteiger partial charge in [0.2, 0.25) is 0 Å². The van der Waals surface area contributed by atoms with Crippen molar-refractivity contribution in [3.05, 3.63) is 57.7 Å². The highest BCUT2D eigenvalue weighted by Crippen LogP contribution is 2.35. The topological polar surface area (TPSA) is 80.9 Å². The first-order valence-corrected chi connectivity index (χ1v) is 7.92. The van der Waals surface area contributed by atoms with Crippen molar-refractivity contribution in [2.24, 2.45) is 0 Å². The number of hydroxylamine groups is 1. The van der Waals surface area contributed by atoms with E-state index >= 15 is 0 Å². The van der Waals surface area contributed by atoms with E-state index < -0.39 is 0 Å². The van der Waals surface area contributed by atoms with Crippen LogP contribution >= 0.6 is 11.6 Å². The third kappa shape index (κ3) is 3.61. The molecule has 0 fully saturated rings. The molecule has 0 amide bonds. The van der Waals surface area contributed by atoms with E-state index in [4.69, 9.17) is 30.7 Å². The molecule has 0 aliphatic rings. The van der Waals surface area contributed by atoms with Crippen molar-refractivity contribution in [1.82, 2.24) is 5.48 Å². The Kier molecular flexibility index (Phi) is 5.23. The van der Waals surface area contributed by atoms with Crippen molar-refractivity contribution >= 4 is 22.6 Å². The van der Waals surface area contributed by atoms with Gasteiger partial charge in [-0.1, -0.05) is 17.7 Å².